The third-order valence-electron chi connectivity index (χ3n) is 4.03. The van der Waals surface area contributed by atoms with E-state index in [9.17, 15) is 28.8 Å². The van der Waals surface area contributed by atoms with Crippen molar-refractivity contribution in [1.29, 1.82) is 0 Å². The fourth-order valence-corrected chi connectivity index (χ4v) is 6.71. The first-order chi connectivity index (χ1) is 13.8. The lowest BCUT2D eigenvalue weighted by Gasteiger charge is -2.31. The summed E-state index contributed by atoms with van der Waals surface area (Å²) in [6.07, 6.45) is -1.85. The van der Waals surface area contributed by atoms with Gasteiger partial charge in [-0.25, -0.2) is 13.7 Å². The average Bonchev–Trinajstić information content (AvgIpc) is 3.15. The molecular formula is C12H18NO13P3S. The number of rotatable bonds is 8. The number of phosphoric acid groups is 3. The van der Waals surface area contributed by atoms with Gasteiger partial charge in [0, 0.05) is 11.1 Å². The highest BCUT2D eigenvalue weighted by Crippen LogP contribution is 2.66. The molecule has 18 heteroatoms. The summed E-state index contributed by atoms with van der Waals surface area (Å²) in [7, 11) is -16.5. The van der Waals surface area contributed by atoms with Crippen LogP contribution in [-0.2, 0) is 38.1 Å². The zero-order valence-electron chi connectivity index (χ0n) is 14.8. The third kappa shape index (κ3) is 6.06. The number of ether oxygens (including phenoxy) is 1. The molecule has 0 saturated carbocycles. The van der Waals surface area contributed by atoms with Crippen LogP contribution in [-0.4, -0.2) is 65.8 Å². The van der Waals surface area contributed by atoms with Crippen LogP contribution in [0, 0.1) is 0 Å². The first-order valence-electron chi connectivity index (χ1n) is 8.07. The summed E-state index contributed by atoms with van der Waals surface area (Å²) >= 11 is 1.49. The molecule has 0 bridgehead atoms. The van der Waals surface area contributed by atoms with Gasteiger partial charge in [-0.15, -0.1) is 11.3 Å². The lowest BCUT2D eigenvalue weighted by Crippen LogP contribution is -2.41. The highest BCUT2D eigenvalue weighted by molar-refractivity contribution is 7.66. The minimum absolute atomic E-state index is 0.389. The molecule has 1 aromatic heterocycles. The van der Waals surface area contributed by atoms with Crippen molar-refractivity contribution < 1.29 is 61.4 Å². The summed E-state index contributed by atoms with van der Waals surface area (Å²) < 4.78 is 50.8. The van der Waals surface area contributed by atoms with Crippen LogP contribution in [0.5, 0.6) is 0 Å². The van der Waals surface area contributed by atoms with Gasteiger partial charge in [0.2, 0.25) is 0 Å². The Balaban J connectivity index is 1.59. The summed E-state index contributed by atoms with van der Waals surface area (Å²) in [5.41, 5.74) is 1.01. The molecule has 3 rings (SSSR count). The molecule has 0 radical (unpaired) electrons. The zero-order chi connectivity index (χ0) is 22.3. The molecule has 0 spiro atoms. The maximum atomic E-state index is 11.8. The third-order valence-corrected chi connectivity index (χ3v) is 8.76. The molecule has 2 aliphatic heterocycles. The van der Waals surface area contributed by atoms with Gasteiger partial charge in [0.15, 0.2) is 6.23 Å². The predicted molar refractivity (Wildman–Crippen MR) is 99.4 cm³/mol. The summed E-state index contributed by atoms with van der Waals surface area (Å²) in [4.78, 5) is 38.2. The second kappa shape index (κ2) is 8.81. The Hall–Kier alpha value is -0.470. The smallest absolute Gasteiger partial charge is 0.387 e. The normalized spacial score (nSPS) is 30.7. The van der Waals surface area contributed by atoms with E-state index in [4.69, 9.17) is 19.4 Å². The van der Waals surface area contributed by atoms with E-state index in [1.54, 1.807) is 17.2 Å². The monoisotopic (exact) mass is 509 g/mol. The second-order valence-electron chi connectivity index (χ2n) is 6.22. The van der Waals surface area contributed by atoms with Gasteiger partial charge < -0.3 is 39.4 Å². The van der Waals surface area contributed by atoms with Crippen molar-refractivity contribution in [1.82, 2.24) is 4.90 Å². The second-order valence-corrected chi connectivity index (χ2v) is 11.6. The topological polar surface area (TPSA) is 213 Å². The highest BCUT2D eigenvalue weighted by atomic mass is 32.1. The molecule has 1 aromatic rings. The molecule has 0 amide bonds. The molecule has 14 nitrogen and oxygen atoms in total. The number of hydrogen-bond donors (Lipinski definition) is 6. The van der Waals surface area contributed by atoms with Crippen molar-refractivity contribution in [3.63, 3.8) is 0 Å². The summed E-state index contributed by atoms with van der Waals surface area (Å²) in [6.45, 7) is -0.471. The Morgan fingerprint density at radius 2 is 1.80 bits per heavy atom. The lowest BCUT2D eigenvalue weighted by molar-refractivity contribution is -0.0816. The van der Waals surface area contributed by atoms with Gasteiger partial charge in [-0.2, -0.15) is 8.62 Å². The van der Waals surface area contributed by atoms with E-state index in [1.807, 2.05) is 11.4 Å². The molecule has 0 aromatic carbocycles. The maximum Gasteiger partial charge on any atom is 0.490 e. The number of aliphatic hydroxyl groups is 2. The molecule has 0 aliphatic carbocycles. The van der Waals surface area contributed by atoms with Crippen LogP contribution in [0.15, 0.2) is 17.6 Å². The zero-order valence-corrected chi connectivity index (χ0v) is 18.3. The van der Waals surface area contributed by atoms with Crippen LogP contribution in [0.1, 0.15) is 10.4 Å². The van der Waals surface area contributed by atoms with Crippen LogP contribution in [0.3, 0.4) is 0 Å². The standard InChI is InChI=1S/C12H18NO13P3S/c14-10-8(6-23-28(19,20)26-29(21,22)25-27(16,17)18)24-12(11(10)15)13-3-1-7-2-4-30-9(7)5-13/h1-4,8,10-12,14-15H,5-6H2,(H,19,20)(H,21,22)(H2,16,17,18)/t8-,10?,11?,12-/m1/s1. The number of thiophene rings is 1. The van der Waals surface area contributed by atoms with Gasteiger partial charge in [-0.3, -0.25) is 4.52 Å². The Morgan fingerprint density at radius 3 is 2.47 bits per heavy atom. The van der Waals surface area contributed by atoms with E-state index in [1.165, 1.54) is 11.3 Å². The first-order valence-corrected chi connectivity index (χ1v) is 13.5. The fraction of sp³-hybridized carbons (Fsp3) is 0.500. The van der Waals surface area contributed by atoms with Crippen LogP contribution < -0.4 is 0 Å². The van der Waals surface area contributed by atoms with E-state index < -0.39 is 54.6 Å². The number of fused-ring (bicyclic) bond motifs is 1. The van der Waals surface area contributed by atoms with Crippen molar-refractivity contribution in [3.8, 4) is 0 Å². The van der Waals surface area contributed by atoms with Crippen LogP contribution >= 0.6 is 34.8 Å². The summed E-state index contributed by atoms with van der Waals surface area (Å²) in [5.74, 6) is 0. The van der Waals surface area contributed by atoms with E-state index in [0.29, 0.717) is 6.54 Å². The largest absolute Gasteiger partial charge is 0.490 e. The van der Waals surface area contributed by atoms with Crippen LogP contribution in [0.2, 0.25) is 0 Å². The quantitative estimate of drug-likeness (QED) is 0.261. The van der Waals surface area contributed by atoms with Gasteiger partial charge in [0.25, 0.3) is 0 Å². The van der Waals surface area contributed by atoms with E-state index >= 15 is 0 Å². The maximum absolute atomic E-state index is 11.8. The molecule has 3 heterocycles. The van der Waals surface area contributed by atoms with E-state index in [2.05, 4.69) is 13.1 Å². The predicted octanol–water partition coefficient (Wildman–Crippen LogP) is 0.324. The van der Waals surface area contributed by atoms with Crippen molar-refractivity contribution in [2.24, 2.45) is 0 Å². The minimum atomic E-state index is -5.65. The van der Waals surface area contributed by atoms with E-state index in [-0.39, 0.29) is 0 Å². The number of hydrogen-bond acceptors (Lipinski definition) is 11. The minimum Gasteiger partial charge on any atom is -0.387 e. The lowest BCUT2D eigenvalue weighted by atomic mass is 10.1. The molecule has 1 fully saturated rings. The molecule has 1 saturated heterocycles. The molecule has 6 atom stereocenters. The van der Waals surface area contributed by atoms with Crippen LogP contribution in [0.4, 0.5) is 0 Å². The van der Waals surface area contributed by atoms with Crippen molar-refractivity contribution in [2.75, 3.05) is 6.61 Å². The molecule has 2 aliphatic rings. The molecular weight excluding hydrogens is 491 g/mol. The molecule has 170 valence electrons. The molecule has 6 N–H and O–H groups in total. The Kier molecular flexibility index (Phi) is 7.10. The molecule has 30 heavy (non-hydrogen) atoms. The summed E-state index contributed by atoms with van der Waals surface area (Å²) in [6, 6.07) is 1.92. The van der Waals surface area contributed by atoms with Gasteiger partial charge in [-0.05, 0) is 23.1 Å². The van der Waals surface area contributed by atoms with Crippen molar-refractivity contribution in [2.45, 2.75) is 31.1 Å². The Bertz CT molecular complexity index is 946. The van der Waals surface area contributed by atoms with Crippen LogP contribution in [0.25, 0.3) is 6.08 Å². The van der Waals surface area contributed by atoms with E-state index in [0.717, 1.165) is 10.4 Å². The Labute approximate surface area is 173 Å². The van der Waals surface area contributed by atoms with Crippen molar-refractivity contribution in [3.05, 3.63) is 28.1 Å². The highest BCUT2D eigenvalue weighted by Gasteiger charge is 2.47. The summed E-state index contributed by atoms with van der Waals surface area (Å²) in [5, 5.41) is 22.3. The van der Waals surface area contributed by atoms with Gasteiger partial charge in [-0.1, -0.05) is 0 Å². The average molecular weight is 509 g/mol. The van der Waals surface area contributed by atoms with Gasteiger partial charge in [0.05, 0.1) is 13.2 Å². The first kappa shape index (κ1) is 24.2. The van der Waals surface area contributed by atoms with Gasteiger partial charge >= 0.3 is 23.5 Å². The Morgan fingerprint density at radius 1 is 1.10 bits per heavy atom. The fourth-order valence-electron chi connectivity index (χ4n) is 2.81. The van der Waals surface area contributed by atoms with Gasteiger partial charge in [0.1, 0.15) is 18.3 Å². The molecule has 4 unspecified atom stereocenters. The number of nitrogens with zero attached hydrogens (tertiary/aromatic N) is 1. The number of phosphoric ester groups is 1. The van der Waals surface area contributed by atoms with Crippen molar-refractivity contribution >= 4 is 40.9 Å². The number of aliphatic hydroxyl groups excluding tert-OH is 2. The SMILES string of the molecule is O=P(O)(O)OP(=O)(O)OP(=O)(O)OC[C@H]1O[C@@H](N2C=Cc3ccsc3C2)C(O)C1O.